The van der Waals surface area contributed by atoms with Crippen LogP contribution in [0.2, 0.25) is 0 Å². The predicted molar refractivity (Wildman–Crippen MR) is 77.4 cm³/mol. The third-order valence-corrected chi connectivity index (χ3v) is 4.11. The molecule has 0 aliphatic heterocycles. The largest absolute Gasteiger partial charge is 0.302 e. The second-order valence-corrected chi connectivity index (χ2v) is 6.00. The van der Waals surface area contributed by atoms with E-state index in [4.69, 9.17) is 5.26 Å². The summed E-state index contributed by atoms with van der Waals surface area (Å²) >= 11 is 1.50. The van der Waals surface area contributed by atoms with Gasteiger partial charge in [0.2, 0.25) is 5.91 Å². The van der Waals surface area contributed by atoms with Crippen molar-refractivity contribution in [3.8, 4) is 6.07 Å². The lowest BCUT2D eigenvalue weighted by atomic mass is 10.1. The second-order valence-electron chi connectivity index (χ2n) is 4.88. The maximum Gasteiger partial charge on any atom is 0.229 e. The third-order valence-electron chi connectivity index (χ3n) is 3.19. The Morgan fingerprint density at radius 2 is 2.15 bits per heavy atom. The van der Waals surface area contributed by atoms with E-state index < -0.39 is 0 Å². The Labute approximate surface area is 121 Å². The van der Waals surface area contributed by atoms with Gasteiger partial charge in [0.25, 0.3) is 0 Å². The van der Waals surface area contributed by atoms with E-state index in [0.717, 1.165) is 29.7 Å². The molecule has 1 fully saturated rings. The molecule has 3 rings (SSSR count). The van der Waals surface area contributed by atoms with Crippen LogP contribution in [-0.2, 0) is 11.2 Å². The fourth-order valence-electron chi connectivity index (χ4n) is 1.90. The minimum absolute atomic E-state index is 0.0873. The molecule has 1 aliphatic carbocycles. The van der Waals surface area contributed by atoms with Gasteiger partial charge in [0.05, 0.1) is 11.6 Å². The van der Waals surface area contributed by atoms with Gasteiger partial charge in [-0.2, -0.15) is 5.26 Å². The van der Waals surface area contributed by atoms with Crippen LogP contribution in [-0.4, -0.2) is 10.9 Å². The highest BCUT2D eigenvalue weighted by Crippen LogP contribution is 2.31. The number of carbonyl (C=O) groups is 1. The molecule has 20 heavy (non-hydrogen) atoms. The van der Waals surface area contributed by atoms with Crippen molar-refractivity contribution in [2.75, 3.05) is 5.32 Å². The number of hydrogen-bond donors (Lipinski definition) is 1. The average Bonchev–Trinajstić information content (AvgIpc) is 3.23. The summed E-state index contributed by atoms with van der Waals surface area (Å²) in [7, 11) is 0. The first kappa shape index (κ1) is 12.8. The van der Waals surface area contributed by atoms with Crippen molar-refractivity contribution in [1.82, 2.24) is 4.98 Å². The Morgan fingerprint density at radius 1 is 1.40 bits per heavy atom. The van der Waals surface area contributed by atoms with E-state index in [2.05, 4.69) is 16.4 Å². The van der Waals surface area contributed by atoms with E-state index in [0.29, 0.717) is 10.7 Å². The van der Waals surface area contributed by atoms with E-state index in [1.54, 1.807) is 6.20 Å². The Bertz CT molecular complexity index is 665. The standard InChI is InChI=1S/C15H13N3OS/c16-8-11-3-1-10(2-4-11)7-13-9-17-15(20-13)18-14(19)12-5-6-12/h1-4,9,12H,5-7H2,(H,17,18,19). The molecule has 1 saturated carbocycles. The number of nitriles is 1. The molecule has 1 aromatic carbocycles. The van der Waals surface area contributed by atoms with Crippen LogP contribution in [0.5, 0.6) is 0 Å². The molecule has 1 aliphatic rings. The zero-order valence-electron chi connectivity index (χ0n) is 10.8. The molecule has 2 aromatic rings. The van der Waals surface area contributed by atoms with Gasteiger partial charge in [0.1, 0.15) is 0 Å². The number of amides is 1. The number of thiazole rings is 1. The molecule has 0 saturated heterocycles. The fraction of sp³-hybridized carbons (Fsp3) is 0.267. The van der Waals surface area contributed by atoms with E-state index in [9.17, 15) is 4.79 Å². The molecule has 1 amide bonds. The molecule has 1 aromatic heterocycles. The van der Waals surface area contributed by atoms with Crippen LogP contribution in [0.3, 0.4) is 0 Å². The van der Waals surface area contributed by atoms with Gasteiger partial charge >= 0.3 is 0 Å². The summed E-state index contributed by atoms with van der Waals surface area (Å²) in [6, 6.07) is 9.62. The first-order valence-electron chi connectivity index (χ1n) is 6.49. The summed E-state index contributed by atoms with van der Waals surface area (Å²) in [6.07, 6.45) is 4.55. The lowest BCUT2D eigenvalue weighted by molar-refractivity contribution is -0.117. The van der Waals surface area contributed by atoms with Gasteiger partial charge in [-0.3, -0.25) is 4.79 Å². The van der Waals surface area contributed by atoms with Crippen LogP contribution in [0.15, 0.2) is 30.5 Å². The summed E-state index contributed by atoms with van der Waals surface area (Å²) in [6.45, 7) is 0. The van der Waals surface area contributed by atoms with Gasteiger partial charge in [0.15, 0.2) is 5.13 Å². The maximum atomic E-state index is 11.6. The molecular weight excluding hydrogens is 270 g/mol. The molecule has 0 bridgehead atoms. The van der Waals surface area contributed by atoms with Crippen LogP contribution in [0, 0.1) is 17.2 Å². The number of carbonyl (C=O) groups excluding carboxylic acids is 1. The number of nitrogens with one attached hydrogen (secondary N) is 1. The first-order chi connectivity index (χ1) is 9.74. The van der Waals surface area contributed by atoms with Crippen molar-refractivity contribution in [3.05, 3.63) is 46.5 Å². The van der Waals surface area contributed by atoms with Gasteiger partial charge < -0.3 is 5.32 Å². The minimum atomic E-state index is 0.0873. The van der Waals surface area contributed by atoms with Crippen molar-refractivity contribution in [2.24, 2.45) is 5.92 Å². The molecule has 5 heteroatoms. The second kappa shape index (κ2) is 5.43. The number of rotatable bonds is 4. The Morgan fingerprint density at radius 3 is 2.80 bits per heavy atom. The van der Waals surface area contributed by atoms with E-state index in [-0.39, 0.29) is 11.8 Å². The van der Waals surface area contributed by atoms with Crippen LogP contribution >= 0.6 is 11.3 Å². The summed E-state index contributed by atoms with van der Waals surface area (Å²) in [5, 5.41) is 12.3. The molecule has 0 spiro atoms. The number of aromatic nitrogens is 1. The Balaban J connectivity index is 1.64. The van der Waals surface area contributed by atoms with Crippen LogP contribution in [0.25, 0.3) is 0 Å². The van der Waals surface area contributed by atoms with Gasteiger partial charge in [-0.05, 0) is 30.5 Å². The number of benzene rings is 1. The van der Waals surface area contributed by atoms with Crippen molar-refractivity contribution in [2.45, 2.75) is 19.3 Å². The lowest BCUT2D eigenvalue weighted by Gasteiger charge is -1.99. The highest BCUT2D eigenvalue weighted by molar-refractivity contribution is 7.15. The molecule has 1 heterocycles. The number of anilines is 1. The van der Waals surface area contributed by atoms with E-state index in [1.165, 1.54) is 11.3 Å². The topological polar surface area (TPSA) is 65.8 Å². The fourth-order valence-corrected chi connectivity index (χ4v) is 2.75. The summed E-state index contributed by atoms with van der Waals surface area (Å²) in [4.78, 5) is 17.0. The van der Waals surface area contributed by atoms with Crippen molar-refractivity contribution >= 4 is 22.4 Å². The number of hydrogen-bond acceptors (Lipinski definition) is 4. The van der Waals surface area contributed by atoms with E-state index >= 15 is 0 Å². The highest BCUT2D eigenvalue weighted by Gasteiger charge is 2.30. The van der Waals surface area contributed by atoms with Crippen molar-refractivity contribution in [1.29, 1.82) is 5.26 Å². The summed E-state index contributed by atoms with van der Waals surface area (Å²) in [5.74, 6) is 0.283. The first-order valence-corrected chi connectivity index (χ1v) is 7.31. The SMILES string of the molecule is N#Cc1ccc(Cc2cnc(NC(=O)C3CC3)s2)cc1. The Hall–Kier alpha value is -2.19. The van der Waals surface area contributed by atoms with Crippen LogP contribution in [0.4, 0.5) is 5.13 Å². The van der Waals surface area contributed by atoms with E-state index in [1.807, 2.05) is 24.3 Å². The lowest BCUT2D eigenvalue weighted by Crippen LogP contribution is -2.12. The smallest absolute Gasteiger partial charge is 0.229 e. The van der Waals surface area contributed by atoms with Crippen molar-refractivity contribution < 1.29 is 4.79 Å². The van der Waals surface area contributed by atoms with Gasteiger partial charge in [-0.15, -0.1) is 11.3 Å². The highest BCUT2D eigenvalue weighted by atomic mass is 32.1. The van der Waals surface area contributed by atoms with Gasteiger partial charge in [-0.1, -0.05) is 12.1 Å². The zero-order valence-corrected chi connectivity index (χ0v) is 11.6. The van der Waals surface area contributed by atoms with Crippen LogP contribution in [0.1, 0.15) is 28.8 Å². The monoisotopic (exact) mass is 283 g/mol. The van der Waals surface area contributed by atoms with Crippen molar-refractivity contribution in [3.63, 3.8) is 0 Å². The minimum Gasteiger partial charge on any atom is -0.302 e. The molecule has 4 nitrogen and oxygen atoms in total. The van der Waals surface area contributed by atoms with Crippen LogP contribution < -0.4 is 5.32 Å². The molecular formula is C15H13N3OS. The molecule has 0 radical (unpaired) electrons. The van der Waals surface area contributed by atoms with Gasteiger partial charge in [-0.25, -0.2) is 4.98 Å². The predicted octanol–water partition coefficient (Wildman–Crippen LogP) is 2.95. The summed E-state index contributed by atoms with van der Waals surface area (Å²) in [5.41, 5.74) is 1.79. The van der Waals surface area contributed by atoms with Gasteiger partial charge in [0, 0.05) is 23.4 Å². The normalized spacial score (nSPS) is 13.8. The quantitative estimate of drug-likeness (QED) is 0.938. The molecule has 0 unspecified atom stereocenters. The summed E-state index contributed by atoms with van der Waals surface area (Å²) < 4.78 is 0. The Kier molecular flexibility index (Phi) is 3.48. The third kappa shape index (κ3) is 3.03. The molecule has 1 N–H and O–H groups in total. The number of nitrogens with zero attached hydrogens (tertiary/aromatic N) is 2. The molecule has 100 valence electrons. The molecule has 0 atom stereocenters. The zero-order chi connectivity index (χ0) is 13.9. The maximum absolute atomic E-state index is 11.6. The average molecular weight is 283 g/mol.